The van der Waals surface area contributed by atoms with Gasteiger partial charge in [-0.15, -0.1) is 0 Å². The molecule has 0 amide bonds. The Morgan fingerprint density at radius 3 is 2.68 bits per heavy atom. The zero-order valence-corrected chi connectivity index (χ0v) is 14.7. The topological polar surface area (TPSA) is 59.3 Å². The number of piperazine rings is 1. The molecule has 1 heterocycles. The standard InChI is InChI=1S/C13H15I2N3O/c14-9-7-10(13(19)11(15)8-9)12(1-2-16)18-5-3-17-4-6-18/h7-8,12,17,19H,1,3-6H2/t12-/m1/s1. The zero-order valence-electron chi connectivity index (χ0n) is 10.4. The molecule has 0 aliphatic carbocycles. The number of nitrogens with one attached hydrogen (secondary N) is 1. The number of rotatable bonds is 3. The number of halogens is 2. The number of nitrogens with zero attached hydrogens (tertiary/aromatic N) is 2. The monoisotopic (exact) mass is 483 g/mol. The van der Waals surface area contributed by atoms with E-state index in [0.717, 1.165) is 38.9 Å². The van der Waals surface area contributed by atoms with Gasteiger partial charge in [0.25, 0.3) is 0 Å². The van der Waals surface area contributed by atoms with Crippen LogP contribution in [0.1, 0.15) is 18.0 Å². The molecule has 0 unspecified atom stereocenters. The molecule has 4 nitrogen and oxygen atoms in total. The van der Waals surface area contributed by atoms with Crippen LogP contribution >= 0.6 is 45.2 Å². The van der Waals surface area contributed by atoms with Crippen molar-refractivity contribution in [1.82, 2.24) is 10.2 Å². The normalized spacial score (nSPS) is 17.9. The van der Waals surface area contributed by atoms with Crippen molar-refractivity contribution in [3.05, 3.63) is 24.8 Å². The van der Waals surface area contributed by atoms with Gasteiger partial charge in [0.15, 0.2) is 0 Å². The Morgan fingerprint density at radius 2 is 2.05 bits per heavy atom. The Labute approximate surface area is 140 Å². The molecule has 1 fully saturated rings. The first-order valence-electron chi connectivity index (χ1n) is 6.13. The lowest BCUT2D eigenvalue weighted by molar-refractivity contribution is 0.173. The third-order valence-corrected chi connectivity index (χ3v) is 4.74. The minimum Gasteiger partial charge on any atom is -0.506 e. The Bertz CT molecular complexity index is 495. The average molecular weight is 483 g/mol. The summed E-state index contributed by atoms with van der Waals surface area (Å²) in [5, 5.41) is 22.7. The highest BCUT2D eigenvalue weighted by Gasteiger charge is 2.25. The van der Waals surface area contributed by atoms with Crippen molar-refractivity contribution in [2.75, 3.05) is 26.2 Å². The maximum Gasteiger partial charge on any atom is 0.133 e. The molecular formula is C13H15I2N3O. The molecule has 0 bridgehead atoms. The molecular weight excluding hydrogens is 468 g/mol. The summed E-state index contributed by atoms with van der Waals surface area (Å²) in [7, 11) is 0. The van der Waals surface area contributed by atoms with E-state index in [1.807, 2.05) is 12.1 Å². The van der Waals surface area contributed by atoms with Gasteiger partial charge in [-0.2, -0.15) is 5.26 Å². The Hall–Kier alpha value is -0.110. The van der Waals surface area contributed by atoms with Gasteiger partial charge in [0.05, 0.1) is 22.1 Å². The summed E-state index contributed by atoms with van der Waals surface area (Å²) in [6, 6.07) is 6.17. The van der Waals surface area contributed by atoms with Gasteiger partial charge >= 0.3 is 0 Å². The van der Waals surface area contributed by atoms with Crippen LogP contribution in [0.5, 0.6) is 5.75 Å². The van der Waals surface area contributed by atoms with Crippen LogP contribution in [0.25, 0.3) is 0 Å². The van der Waals surface area contributed by atoms with Crippen molar-refractivity contribution in [2.45, 2.75) is 12.5 Å². The maximum absolute atomic E-state index is 10.3. The van der Waals surface area contributed by atoms with E-state index >= 15 is 0 Å². The van der Waals surface area contributed by atoms with Gasteiger partial charge in [-0.1, -0.05) is 0 Å². The maximum atomic E-state index is 10.3. The van der Waals surface area contributed by atoms with Gasteiger partial charge in [0, 0.05) is 35.3 Å². The highest BCUT2D eigenvalue weighted by atomic mass is 127. The lowest BCUT2D eigenvalue weighted by Crippen LogP contribution is -2.45. The van der Waals surface area contributed by atoms with Crippen LogP contribution in [0.2, 0.25) is 0 Å². The SMILES string of the molecule is N#CC[C@H](c1cc(I)cc(I)c1O)N1CCNCC1. The van der Waals surface area contributed by atoms with Crippen molar-refractivity contribution in [2.24, 2.45) is 0 Å². The summed E-state index contributed by atoms with van der Waals surface area (Å²) in [6.45, 7) is 3.69. The fourth-order valence-electron chi connectivity index (χ4n) is 2.36. The second-order valence-electron chi connectivity index (χ2n) is 4.49. The molecule has 19 heavy (non-hydrogen) atoms. The Kier molecular flexibility index (Phi) is 5.68. The average Bonchev–Trinajstić information content (AvgIpc) is 2.41. The van der Waals surface area contributed by atoms with Crippen molar-refractivity contribution in [3.63, 3.8) is 0 Å². The van der Waals surface area contributed by atoms with Gasteiger partial charge in [-0.25, -0.2) is 0 Å². The summed E-state index contributed by atoms with van der Waals surface area (Å²) < 4.78 is 1.94. The molecule has 0 aromatic heterocycles. The van der Waals surface area contributed by atoms with E-state index in [-0.39, 0.29) is 6.04 Å². The van der Waals surface area contributed by atoms with Gasteiger partial charge < -0.3 is 10.4 Å². The molecule has 1 atom stereocenters. The number of phenols is 1. The lowest BCUT2D eigenvalue weighted by atomic mass is 10.0. The largest absolute Gasteiger partial charge is 0.506 e. The van der Waals surface area contributed by atoms with Crippen molar-refractivity contribution in [3.8, 4) is 11.8 Å². The van der Waals surface area contributed by atoms with E-state index in [9.17, 15) is 5.11 Å². The van der Waals surface area contributed by atoms with Gasteiger partial charge in [-0.05, 0) is 57.3 Å². The first-order valence-corrected chi connectivity index (χ1v) is 8.29. The van der Waals surface area contributed by atoms with E-state index in [1.165, 1.54) is 0 Å². The smallest absolute Gasteiger partial charge is 0.133 e. The number of phenolic OH excluding ortho intramolecular Hbond substituents is 1. The fraction of sp³-hybridized carbons (Fsp3) is 0.462. The molecule has 102 valence electrons. The third-order valence-electron chi connectivity index (χ3n) is 3.29. The Balaban J connectivity index is 2.35. The molecule has 2 N–H and O–H groups in total. The number of hydrogen-bond acceptors (Lipinski definition) is 4. The van der Waals surface area contributed by atoms with E-state index in [0.29, 0.717) is 12.2 Å². The number of aromatic hydroxyl groups is 1. The van der Waals surface area contributed by atoms with Crippen LogP contribution < -0.4 is 5.32 Å². The number of nitriles is 1. The minimum absolute atomic E-state index is 0.0182. The first kappa shape index (κ1) is 15.3. The summed E-state index contributed by atoms with van der Waals surface area (Å²) in [6.07, 6.45) is 0.406. The summed E-state index contributed by atoms with van der Waals surface area (Å²) >= 11 is 4.39. The van der Waals surface area contributed by atoms with Crippen LogP contribution in [0.3, 0.4) is 0 Å². The predicted molar refractivity (Wildman–Crippen MR) is 91.0 cm³/mol. The number of benzene rings is 1. The summed E-state index contributed by atoms with van der Waals surface area (Å²) in [5.41, 5.74) is 0.875. The minimum atomic E-state index is -0.0182. The van der Waals surface area contributed by atoms with Crippen LogP contribution in [0, 0.1) is 18.5 Å². The van der Waals surface area contributed by atoms with Gasteiger partial charge in [0.1, 0.15) is 5.75 Å². The Morgan fingerprint density at radius 1 is 1.37 bits per heavy atom. The highest BCUT2D eigenvalue weighted by molar-refractivity contribution is 14.1. The lowest BCUT2D eigenvalue weighted by Gasteiger charge is -2.34. The van der Waals surface area contributed by atoms with Crippen LogP contribution in [0.15, 0.2) is 12.1 Å². The molecule has 1 aromatic rings. The molecule has 0 saturated carbocycles. The van der Waals surface area contributed by atoms with E-state index in [1.54, 1.807) is 0 Å². The van der Waals surface area contributed by atoms with E-state index < -0.39 is 0 Å². The summed E-state index contributed by atoms with van der Waals surface area (Å²) in [5.74, 6) is 0.319. The quantitative estimate of drug-likeness (QED) is 0.650. The van der Waals surface area contributed by atoms with Crippen LogP contribution in [0.4, 0.5) is 0 Å². The highest BCUT2D eigenvalue weighted by Crippen LogP contribution is 2.35. The van der Waals surface area contributed by atoms with E-state index in [4.69, 9.17) is 5.26 Å². The van der Waals surface area contributed by atoms with Gasteiger partial charge in [-0.3, -0.25) is 4.90 Å². The molecule has 6 heteroatoms. The van der Waals surface area contributed by atoms with Crippen molar-refractivity contribution < 1.29 is 5.11 Å². The predicted octanol–water partition coefficient (Wildman–Crippen LogP) is 2.46. The molecule has 1 aliphatic heterocycles. The van der Waals surface area contributed by atoms with Crippen LogP contribution in [-0.2, 0) is 0 Å². The molecule has 0 radical (unpaired) electrons. The molecule has 1 saturated heterocycles. The zero-order chi connectivity index (χ0) is 13.8. The first-order chi connectivity index (χ1) is 9.13. The third kappa shape index (κ3) is 3.71. The number of hydrogen-bond donors (Lipinski definition) is 2. The van der Waals surface area contributed by atoms with Crippen molar-refractivity contribution >= 4 is 45.2 Å². The second kappa shape index (κ2) is 7.06. The molecule has 2 rings (SSSR count). The fourth-order valence-corrected chi connectivity index (χ4v) is 4.25. The second-order valence-corrected chi connectivity index (χ2v) is 6.90. The van der Waals surface area contributed by atoms with Gasteiger partial charge in [0.2, 0.25) is 0 Å². The summed E-state index contributed by atoms with van der Waals surface area (Å²) in [4.78, 5) is 2.28. The van der Waals surface area contributed by atoms with E-state index in [2.05, 4.69) is 61.5 Å². The van der Waals surface area contributed by atoms with Crippen molar-refractivity contribution in [1.29, 1.82) is 5.26 Å². The van der Waals surface area contributed by atoms with Crippen LogP contribution in [-0.4, -0.2) is 36.2 Å². The molecule has 1 aromatic carbocycles. The molecule has 0 spiro atoms. The molecule has 1 aliphatic rings.